The number of hydrogen-bond donors (Lipinski definition) is 2. The zero-order chi connectivity index (χ0) is 18.7. The zero-order valence-corrected chi connectivity index (χ0v) is 16.8. The third kappa shape index (κ3) is 5.05. The molecule has 2 saturated heterocycles. The molecule has 2 heterocycles. The summed E-state index contributed by atoms with van der Waals surface area (Å²) in [6, 6.07) is 5.91. The van der Waals surface area contributed by atoms with Gasteiger partial charge in [0.05, 0.1) is 25.8 Å². The predicted molar refractivity (Wildman–Crippen MR) is 106 cm³/mol. The van der Waals surface area contributed by atoms with Crippen LogP contribution in [0.1, 0.15) is 26.2 Å². The van der Waals surface area contributed by atoms with Crippen molar-refractivity contribution in [1.29, 1.82) is 0 Å². The van der Waals surface area contributed by atoms with E-state index >= 15 is 0 Å². The van der Waals surface area contributed by atoms with E-state index in [2.05, 4.69) is 17.6 Å². The van der Waals surface area contributed by atoms with E-state index in [9.17, 15) is 9.59 Å². The van der Waals surface area contributed by atoms with Gasteiger partial charge in [-0.05, 0) is 26.3 Å². The molecule has 0 radical (unpaired) electrons. The first-order valence-electron chi connectivity index (χ1n) is 9.07. The van der Waals surface area contributed by atoms with Crippen molar-refractivity contribution in [3.05, 3.63) is 18.2 Å². The molecule has 2 aliphatic rings. The number of carbonyl (C=O) groups is 2. The third-order valence-electron chi connectivity index (χ3n) is 5.11. The highest BCUT2D eigenvalue weighted by Crippen LogP contribution is 2.32. The lowest BCUT2D eigenvalue weighted by molar-refractivity contribution is -0.127. The van der Waals surface area contributed by atoms with Crippen molar-refractivity contribution >= 4 is 29.9 Å². The quantitative estimate of drug-likeness (QED) is 0.791. The van der Waals surface area contributed by atoms with Gasteiger partial charge in [0.2, 0.25) is 11.8 Å². The van der Waals surface area contributed by atoms with Crippen molar-refractivity contribution in [1.82, 2.24) is 10.6 Å². The van der Waals surface area contributed by atoms with E-state index in [1.807, 2.05) is 0 Å². The average Bonchev–Trinajstić information content (AvgIpc) is 3.03. The van der Waals surface area contributed by atoms with Gasteiger partial charge in [-0.25, -0.2) is 0 Å². The number of anilines is 1. The van der Waals surface area contributed by atoms with Gasteiger partial charge in [0.1, 0.15) is 11.5 Å². The van der Waals surface area contributed by atoms with E-state index in [-0.39, 0.29) is 42.6 Å². The minimum Gasteiger partial charge on any atom is -0.497 e. The lowest BCUT2D eigenvalue weighted by atomic mass is 9.99. The Morgan fingerprint density at radius 1 is 1.22 bits per heavy atom. The Morgan fingerprint density at radius 3 is 2.48 bits per heavy atom. The number of hydrogen-bond acceptors (Lipinski definition) is 5. The summed E-state index contributed by atoms with van der Waals surface area (Å²) in [6.07, 6.45) is 2.07. The van der Waals surface area contributed by atoms with Crippen LogP contribution < -0.4 is 25.0 Å². The number of benzene rings is 1. The summed E-state index contributed by atoms with van der Waals surface area (Å²) in [5.41, 5.74) is 0.692. The molecule has 2 fully saturated rings. The predicted octanol–water partition coefficient (Wildman–Crippen LogP) is 1.74. The molecule has 0 spiro atoms. The maximum atomic E-state index is 12.6. The summed E-state index contributed by atoms with van der Waals surface area (Å²) in [6.45, 7) is 3.41. The Hall–Kier alpha value is -1.99. The molecule has 2 N–H and O–H groups in total. The van der Waals surface area contributed by atoms with Gasteiger partial charge in [-0.2, -0.15) is 0 Å². The molecule has 3 rings (SSSR count). The first-order chi connectivity index (χ1) is 12.5. The van der Waals surface area contributed by atoms with E-state index in [1.165, 1.54) is 0 Å². The second kappa shape index (κ2) is 9.28. The minimum atomic E-state index is -0.329. The topological polar surface area (TPSA) is 79.9 Å². The Kier molecular flexibility index (Phi) is 7.33. The number of amides is 2. The van der Waals surface area contributed by atoms with Crippen LogP contribution in [0, 0.1) is 5.92 Å². The maximum absolute atomic E-state index is 12.6. The van der Waals surface area contributed by atoms with Crippen molar-refractivity contribution in [2.45, 2.75) is 38.3 Å². The van der Waals surface area contributed by atoms with Gasteiger partial charge in [-0.1, -0.05) is 0 Å². The fourth-order valence-corrected chi connectivity index (χ4v) is 3.66. The molecule has 8 heteroatoms. The van der Waals surface area contributed by atoms with Crippen molar-refractivity contribution in [3.63, 3.8) is 0 Å². The van der Waals surface area contributed by atoms with Crippen LogP contribution in [0.2, 0.25) is 0 Å². The van der Waals surface area contributed by atoms with Crippen molar-refractivity contribution in [2.75, 3.05) is 32.2 Å². The molecule has 3 atom stereocenters. The lowest BCUT2D eigenvalue weighted by Crippen LogP contribution is -2.48. The first-order valence-corrected chi connectivity index (χ1v) is 9.07. The van der Waals surface area contributed by atoms with Gasteiger partial charge < -0.3 is 25.0 Å². The molecule has 0 bridgehead atoms. The van der Waals surface area contributed by atoms with Gasteiger partial charge in [-0.15, -0.1) is 12.4 Å². The van der Waals surface area contributed by atoms with Crippen LogP contribution in [-0.4, -0.2) is 51.2 Å². The first kappa shape index (κ1) is 21.3. The molecule has 150 valence electrons. The van der Waals surface area contributed by atoms with Crippen LogP contribution in [0.15, 0.2) is 18.2 Å². The summed E-state index contributed by atoms with van der Waals surface area (Å²) >= 11 is 0. The molecule has 2 aliphatic heterocycles. The summed E-state index contributed by atoms with van der Waals surface area (Å²) in [5, 5.41) is 6.50. The van der Waals surface area contributed by atoms with Crippen LogP contribution in [0.4, 0.5) is 5.69 Å². The third-order valence-corrected chi connectivity index (χ3v) is 5.11. The molecular weight excluding hydrogens is 370 g/mol. The number of ether oxygens (including phenoxy) is 2. The fraction of sp³-hybridized carbons (Fsp3) is 0.579. The molecule has 2 amide bonds. The molecular formula is C19H28ClN3O4. The Labute approximate surface area is 166 Å². The SMILES string of the molecule is COc1cc(OC)cc(N2CC(C(=O)NC3CCNC(C)C3)CC2=O)c1.Cl. The zero-order valence-electron chi connectivity index (χ0n) is 16.0. The highest BCUT2D eigenvalue weighted by atomic mass is 35.5. The molecule has 1 aromatic rings. The van der Waals surface area contributed by atoms with E-state index < -0.39 is 0 Å². The Bertz CT molecular complexity index is 663. The number of nitrogens with zero attached hydrogens (tertiary/aromatic N) is 1. The van der Waals surface area contributed by atoms with E-state index in [1.54, 1.807) is 37.3 Å². The summed E-state index contributed by atoms with van der Waals surface area (Å²) < 4.78 is 10.5. The normalized spacial score (nSPS) is 24.9. The van der Waals surface area contributed by atoms with Crippen LogP contribution in [0.25, 0.3) is 0 Å². The van der Waals surface area contributed by atoms with Gasteiger partial charge in [0.15, 0.2) is 0 Å². The monoisotopic (exact) mass is 397 g/mol. The summed E-state index contributed by atoms with van der Waals surface area (Å²) in [5.74, 6) is 0.811. The van der Waals surface area contributed by atoms with E-state index in [0.717, 1.165) is 19.4 Å². The summed E-state index contributed by atoms with van der Waals surface area (Å²) in [4.78, 5) is 26.8. The van der Waals surface area contributed by atoms with Gasteiger partial charge in [0.25, 0.3) is 0 Å². The highest BCUT2D eigenvalue weighted by molar-refractivity contribution is 6.00. The number of rotatable bonds is 5. The van der Waals surface area contributed by atoms with Crippen molar-refractivity contribution < 1.29 is 19.1 Å². The lowest BCUT2D eigenvalue weighted by Gasteiger charge is -2.29. The van der Waals surface area contributed by atoms with Gasteiger partial charge >= 0.3 is 0 Å². The smallest absolute Gasteiger partial charge is 0.227 e. The van der Waals surface area contributed by atoms with Crippen LogP contribution in [0.5, 0.6) is 11.5 Å². The Balaban J connectivity index is 0.00000261. The van der Waals surface area contributed by atoms with Crippen LogP contribution in [-0.2, 0) is 9.59 Å². The number of halogens is 1. The van der Waals surface area contributed by atoms with Gasteiger partial charge in [0, 0.05) is 43.2 Å². The summed E-state index contributed by atoms with van der Waals surface area (Å²) in [7, 11) is 3.14. The maximum Gasteiger partial charge on any atom is 0.227 e. The largest absolute Gasteiger partial charge is 0.497 e. The molecule has 0 aliphatic carbocycles. The standard InChI is InChI=1S/C19H27N3O4.ClH/c1-12-6-14(4-5-20-12)21-19(24)13-7-18(23)22(11-13)15-8-16(25-2)10-17(9-15)26-3;/h8-10,12-14,20H,4-7,11H2,1-3H3,(H,21,24);1H. The second-order valence-corrected chi connectivity index (χ2v) is 7.06. The van der Waals surface area contributed by atoms with Crippen molar-refractivity contribution in [3.8, 4) is 11.5 Å². The molecule has 0 saturated carbocycles. The van der Waals surface area contributed by atoms with Crippen molar-refractivity contribution in [2.24, 2.45) is 5.92 Å². The number of nitrogens with one attached hydrogen (secondary N) is 2. The fourth-order valence-electron chi connectivity index (χ4n) is 3.66. The average molecular weight is 398 g/mol. The molecule has 7 nitrogen and oxygen atoms in total. The number of methoxy groups -OCH3 is 2. The molecule has 27 heavy (non-hydrogen) atoms. The van der Waals surface area contributed by atoms with Gasteiger partial charge in [-0.3, -0.25) is 9.59 Å². The van der Waals surface area contributed by atoms with Crippen LogP contribution in [0.3, 0.4) is 0 Å². The molecule has 0 aromatic heterocycles. The van der Waals surface area contributed by atoms with Crippen LogP contribution >= 0.6 is 12.4 Å². The molecule has 1 aromatic carbocycles. The Morgan fingerprint density at radius 2 is 1.89 bits per heavy atom. The number of piperidine rings is 1. The highest BCUT2D eigenvalue weighted by Gasteiger charge is 2.36. The van der Waals surface area contributed by atoms with E-state index in [0.29, 0.717) is 29.8 Å². The van der Waals surface area contributed by atoms with E-state index in [4.69, 9.17) is 9.47 Å². The number of carbonyl (C=O) groups excluding carboxylic acids is 2. The second-order valence-electron chi connectivity index (χ2n) is 7.06. The minimum absolute atomic E-state index is 0. The molecule has 3 unspecified atom stereocenters.